The zero-order valence-corrected chi connectivity index (χ0v) is 15.5. The smallest absolute Gasteiger partial charge is 0.416 e. The molecule has 0 radical (unpaired) electrons. The highest BCUT2D eigenvalue weighted by atomic mass is 19.4. The molecule has 2 unspecified atom stereocenters. The van der Waals surface area contributed by atoms with E-state index in [9.17, 15) is 18.0 Å². The van der Waals surface area contributed by atoms with Gasteiger partial charge in [0, 0.05) is 19.0 Å². The first-order chi connectivity index (χ1) is 12.0. The minimum Gasteiger partial charge on any atom is -0.444 e. The molecule has 1 aromatic carbocycles. The largest absolute Gasteiger partial charge is 0.444 e. The lowest BCUT2D eigenvalue weighted by molar-refractivity contribution is -0.138. The third-order valence-electron chi connectivity index (χ3n) is 4.60. The van der Waals surface area contributed by atoms with Gasteiger partial charge < -0.3 is 15.4 Å². The van der Waals surface area contributed by atoms with Crippen LogP contribution in [0.2, 0.25) is 0 Å². The quantitative estimate of drug-likeness (QED) is 0.856. The monoisotopic (exact) mass is 372 g/mol. The molecule has 1 aliphatic rings. The first-order valence-corrected chi connectivity index (χ1v) is 8.87. The van der Waals surface area contributed by atoms with E-state index < -0.39 is 29.4 Å². The number of nitrogens with two attached hydrogens (primary N) is 1. The van der Waals surface area contributed by atoms with Crippen molar-refractivity contribution >= 4 is 6.09 Å². The van der Waals surface area contributed by atoms with Crippen LogP contribution in [0.3, 0.4) is 0 Å². The average molecular weight is 372 g/mol. The minimum atomic E-state index is -4.43. The summed E-state index contributed by atoms with van der Waals surface area (Å²) in [4.78, 5) is 13.9. The number of carbonyl (C=O) groups is 1. The minimum absolute atomic E-state index is 0.0971. The van der Waals surface area contributed by atoms with Crippen molar-refractivity contribution in [3.63, 3.8) is 0 Å². The summed E-state index contributed by atoms with van der Waals surface area (Å²) >= 11 is 0. The first kappa shape index (κ1) is 20.6. The highest BCUT2D eigenvalue weighted by molar-refractivity contribution is 5.68. The highest BCUT2D eigenvalue weighted by Gasteiger charge is 2.38. The van der Waals surface area contributed by atoms with Gasteiger partial charge in [0.2, 0.25) is 0 Å². The summed E-state index contributed by atoms with van der Waals surface area (Å²) in [6.07, 6.45) is -3.41. The molecule has 1 aromatic rings. The third kappa shape index (κ3) is 5.13. The zero-order chi connectivity index (χ0) is 19.5. The number of piperidine rings is 1. The Kier molecular flexibility index (Phi) is 6.21. The van der Waals surface area contributed by atoms with Crippen LogP contribution in [0.4, 0.5) is 18.0 Å². The van der Waals surface area contributed by atoms with Crippen LogP contribution in [0.1, 0.15) is 50.7 Å². The Morgan fingerprint density at radius 1 is 1.31 bits per heavy atom. The summed E-state index contributed by atoms with van der Waals surface area (Å²) in [5.74, 6) is -0.595. The standard InChI is InChI=1S/C19H27F3N2O2/c1-18(2,3)26-17(25)24-10-6-7-13(12-24)15(11-23)14-8-4-5-9-16(14)19(20,21)22/h4-5,8-9,13,15H,6-7,10-12,23H2,1-3H3. The molecule has 1 aliphatic heterocycles. The molecule has 7 heteroatoms. The summed E-state index contributed by atoms with van der Waals surface area (Å²) < 4.78 is 45.5. The molecule has 1 fully saturated rings. The fourth-order valence-corrected chi connectivity index (χ4v) is 3.48. The lowest BCUT2D eigenvalue weighted by Gasteiger charge is -2.38. The van der Waals surface area contributed by atoms with Crippen LogP contribution in [0.15, 0.2) is 24.3 Å². The molecule has 2 N–H and O–H groups in total. The molecule has 1 saturated heterocycles. The number of alkyl halides is 3. The molecular formula is C19H27F3N2O2. The van der Waals surface area contributed by atoms with Crippen molar-refractivity contribution in [3.05, 3.63) is 35.4 Å². The van der Waals surface area contributed by atoms with Gasteiger partial charge in [-0.05, 0) is 57.7 Å². The molecule has 2 rings (SSSR count). The van der Waals surface area contributed by atoms with Gasteiger partial charge in [-0.25, -0.2) is 4.79 Å². The molecule has 0 aliphatic carbocycles. The van der Waals surface area contributed by atoms with E-state index in [1.807, 2.05) is 0 Å². The van der Waals surface area contributed by atoms with E-state index >= 15 is 0 Å². The molecule has 1 heterocycles. The zero-order valence-electron chi connectivity index (χ0n) is 15.5. The van der Waals surface area contributed by atoms with Crippen LogP contribution in [-0.2, 0) is 10.9 Å². The second-order valence-corrected chi connectivity index (χ2v) is 7.76. The van der Waals surface area contributed by atoms with Gasteiger partial charge in [-0.2, -0.15) is 13.2 Å². The van der Waals surface area contributed by atoms with Gasteiger partial charge >= 0.3 is 12.3 Å². The Morgan fingerprint density at radius 2 is 1.96 bits per heavy atom. The van der Waals surface area contributed by atoms with E-state index in [2.05, 4.69) is 0 Å². The van der Waals surface area contributed by atoms with E-state index in [0.29, 0.717) is 19.5 Å². The fraction of sp³-hybridized carbons (Fsp3) is 0.632. The van der Waals surface area contributed by atoms with Crippen molar-refractivity contribution in [2.24, 2.45) is 11.7 Å². The molecule has 0 aromatic heterocycles. The van der Waals surface area contributed by atoms with Crippen LogP contribution in [-0.4, -0.2) is 36.2 Å². The molecular weight excluding hydrogens is 345 g/mol. The summed E-state index contributed by atoms with van der Waals surface area (Å²) in [7, 11) is 0. The number of halogens is 3. The Bertz CT molecular complexity index is 626. The lowest BCUT2D eigenvalue weighted by atomic mass is 9.79. The molecule has 0 saturated carbocycles. The molecule has 0 bridgehead atoms. The lowest BCUT2D eigenvalue weighted by Crippen LogP contribution is -2.45. The van der Waals surface area contributed by atoms with Gasteiger partial charge in [-0.1, -0.05) is 18.2 Å². The van der Waals surface area contributed by atoms with Gasteiger partial charge in [0.25, 0.3) is 0 Å². The number of rotatable bonds is 3. The predicted octanol–water partition coefficient (Wildman–Crippen LogP) is 4.39. The SMILES string of the molecule is CC(C)(C)OC(=O)N1CCCC(C(CN)c2ccccc2C(F)(F)F)C1. The number of amides is 1. The molecule has 1 amide bonds. The fourth-order valence-electron chi connectivity index (χ4n) is 3.48. The van der Waals surface area contributed by atoms with Crippen molar-refractivity contribution in [1.29, 1.82) is 0 Å². The molecule has 146 valence electrons. The maximum absolute atomic E-state index is 13.4. The van der Waals surface area contributed by atoms with Gasteiger partial charge in [0.1, 0.15) is 5.60 Å². The van der Waals surface area contributed by atoms with Gasteiger partial charge in [-0.15, -0.1) is 0 Å². The van der Waals surface area contributed by atoms with Crippen LogP contribution in [0, 0.1) is 5.92 Å². The summed E-state index contributed by atoms with van der Waals surface area (Å²) in [6, 6.07) is 5.56. The Balaban J connectivity index is 2.22. The van der Waals surface area contributed by atoms with Crippen LogP contribution in [0.5, 0.6) is 0 Å². The maximum atomic E-state index is 13.4. The van der Waals surface area contributed by atoms with E-state index in [0.717, 1.165) is 12.5 Å². The Labute approximate surface area is 152 Å². The van der Waals surface area contributed by atoms with Crippen molar-refractivity contribution in [2.45, 2.75) is 51.3 Å². The summed E-state index contributed by atoms with van der Waals surface area (Å²) in [6.45, 7) is 6.35. The van der Waals surface area contributed by atoms with E-state index in [4.69, 9.17) is 10.5 Å². The predicted molar refractivity (Wildman–Crippen MR) is 93.8 cm³/mol. The van der Waals surface area contributed by atoms with E-state index in [-0.39, 0.29) is 18.0 Å². The second-order valence-electron chi connectivity index (χ2n) is 7.76. The number of nitrogens with zero attached hydrogens (tertiary/aromatic N) is 1. The molecule has 4 nitrogen and oxygen atoms in total. The highest BCUT2D eigenvalue weighted by Crippen LogP contribution is 2.39. The molecule has 0 spiro atoms. The first-order valence-electron chi connectivity index (χ1n) is 8.87. The van der Waals surface area contributed by atoms with Crippen molar-refractivity contribution in [3.8, 4) is 0 Å². The van der Waals surface area contributed by atoms with Gasteiger partial charge in [-0.3, -0.25) is 0 Å². The summed E-state index contributed by atoms with van der Waals surface area (Å²) in [5, 5.41) is 0. The van der Waals surface area contributed by atoms with Crippen molar-refractivity contribution < 1.29 is 22.7 Å². The van der Waals surface area contributed by atoms with Crippen LogP contribution in [0.25, 0.3) is 0 Å². The van der Waals surface area contributed by atoms with Crippen LogP contribution < -0.4 is 5.73 Å². The second kappa shape index (κ2) is 7.86. The third-order valence-corrected chi connectivity index (χ3v) is 4.60. The van der Waals surface area contributed by atoms with Crippen molar-refractivity contribution in [1.82, 2.24) is 4.90 Å². The number of carbonyl (C=O) groups excluding carboxylic acids is 1. The van der Waals surface area contributed by atoms with Crippen LogP contribution >= 0.6 is 0 Å². The normalized spacial score (nSPS) is 20.0. The van der Waals surface area contributed by atoms with Crippen molar-refractivity contribution in [2.75, 3.05) is 19.6 Å². The maximum Gasteiger partial charge on any atom is 0.416 e. The van der Waals surface area contributed by atoms with Gasteiger partial charge in [0.05, 0.1) is 5.56 Å². The average Bonchev–Trinajstić information content (AvgIpc) is 2.54. The Morgan fingerprint density at radius 3 is 2.54 bits per heavy atom. The van der Waals surface area contributed by atoms with E-state index in [1.165, 1.54) is 12.1 Å². The number of ether oxygens (including phenoxy) is 1. The number of hydrogen-bond donors (Lipinski definition) is 1. The topological polar surface area (TPSA) is 55.6 Å². The number of benzene rings is 1. The number of likely N-dealkylation sites (tertiary alicyclic amines) is 1. The Hall–Kier alpha value is -1.76. The van der Waals surface area contributed by atoms with Gasteiger partial charge in [0.15, 0.2) is 0 Å². The van der Waals surface area contributed by atoms with E-state index in [1.54, 1.807) is 31.7 Å². The summed E-state index contributed by atoms with van der Waals surface area (Å²) in [5.41, 5.74) is 4.82. The molecule has 26 heavy (non-hydrogen) atoms. The number of hydrogen-bond acceptors (Lipinski definition) is 3. The molecule has 2 atom stereocenters.